The molecule has 0 unspecified atom stereocenters. The Balaban J connectivity index is 1.55. The lowest BCUT2D eigenvalue weighted by atomic mass is 10.1. The Morgan fingerprint density at radius 2 is 1.71 bits per heavy atom. The van der Waals surface area contributed by atoms with Gasteiger partial charge in [0.25, 0.3) is 0 Å². The van der Waals surface area contributed by atoms with E-state index in [0.29, 0.717) is 36.2 Å². The first kappa shape index (κ1) is 18.1. The molecule has 0 aromatic heterocycles. The van der Waals surface area contributed by atoms with E-state index in [-0.39, 0.29) is 0 Å². The molecule has 1 heterocycles. The molecule has 142 valence electrons. The summed E-state index contributed by atoms with van der Waals surface area (Å²) in [5.41, 5.74) is 2.75. The fourth-order valence-electron chi connectivity index (χ4n) is 3.15. The van der Waals surface area contributed by atoms with Crippen LogP contribution in [0.15, 0.2) is 78.6 Å². The van der Waals surface area contributed by atoms with Crippen LogP contribution in [0.1, 0.15) is 29.7 Å². The van der Waals surface area contributed by atoms with Gasteiger partial charge in [0.05, 0.1) is 6.61 Å². The van der Waals surface area contributed by atoms with Crippen LogP contribution in [0.4, 0.5) is 0 Å². The first-order valence-corrected chi connectivity index (χ1v) is 9.34. The molecular formula is C24H22O4. The van der Waals surface area contributed by atoms with Crippen molar-refractivity contribution in [3.05, 3.63) is 95.2 Å². The molecule has 1 N–H and O–H groups in total. The maximum atomic E-state index is 10.5. The van der Waals surface area contributed by atoms with Crippen molar-refractivity contribution < 1.29 is 19.3 Å². The summed E-state index contributed by atoms with van der Waals surface area (Å²) in [6.07, 6.45) is 1.06. The lowest BCUT2D eigenvalue weighted by Crippen LogP contribution is -2.00. The van der Waals surface area contributed by atoms with E-state index in [9.17, 15) is 5.11 Å². The zero-order valence-electron chi connectivity index (χ0n) is 15.7. The summed E-state index contributed by atoms with van der Waals surface area (Å²) in [6.45, 7) is 2.94. The van der Waals surface area contributed by atoms with Crippen molar-refractivity contribution in [2.45, 2.75) is 19.6 Å². The van der Waals surface area contributed by atoms with Gasteiger partial charge in [0.15, 0.2) is 11.5 Å². The Hall–Kier alpha value is -3.24. The maximum Gasteiger partial charge on any atom is 0.161 e. The molecule has 0 amide bonds. The summed E-state index contributed by atoms with van der Waals surface area (Å²) < 4.78 is 17.5. The number of benzene rings is 3. The van der Waals surface area contributed by atoms with Crippen molar-refractivity contribution in [2.75, 3.05) is 6.61 Å². The highest BCUT2D eigenvalue weighted by Crippen LogP contribution is 2.40. The molecule has 0 saturated carbocycles. The minimum absolute atomic E-state index is 0.471. The van der Waals surface area contributed by atoms with E-state index in [2.05, 4.69) is 0 Å². The van der Waals surface area contributed by atoms with E-state index in [1.54, 1.807) is 0 Å². The Kier molecular flexibility index (Phi) is 5.31. The number of hydrogen-bond acceptors (Lipinski definition) is 4. The highest BCUT2D eigenvalue weighted by atomic mass is 16.5. The molecule has 0 saturated heterocycles. The van der Waals surface area contributed by atoms with E-state index in [0.717, 1.165) is 16.7 Å². The predicted molar refractivity (Wildman–Crippen MR) is 108 cm³/mol. The van der Waals surface area contributed by atoms with Gasteiger partial charge in [-0.2, -0.15) is 0 Å². The summed E-state index contributed by atoms with van der Waals surface area (Å²) >= 11 is 0. The molecule has 4 rings (SSSR count). The number of aliphatic hydroxyl groups is 1. The Morgan fingerprint density at radius 1 is 0.929 bits per heavy atom. The number of hydrogen-bond donors (Lipinski definition) is 1. The van der Waals surface area contributed by atoms with Gasteiger partial charge in [-0.05, 0) is 42.3 Å². The van der Waals surface area contributed by atoms with Crippen LogP contribution in [-0.2, 0) is 6.61 Å². The molecule has 0 spiro atoms. The van der Waals surface area contributed by atoms with Gasteiger partial charge in [-0.1, -0.05) is 54.6 Å². The van der Waals surface area contributed by atoms with Crippen LogP contribution in [0.3, 0.4) is 0 Å². The summed E-state index contributed by atoms with van der Waals surface area (Å²) in [5.74, 6) is 2.54. The molecular weight excluding hydrogens is 352 g/mol. The topological polar surface area (TPSA) is 47.9 Å². The lowest BCUT2D eigenvalue weighted by Gasteiger charge is -2.13. The van der Waals surface area contributed by atoms with Crippen molar-refractivity contribution in [1.82, 2.24) is 0 Å². The van der Waals surface area contributed by atoms with E-state index in [4.69, 9.17) is 14.2 Å². The highest BCUT2D eigenvalue weighted by molar-refractivity contribution is 5.61. The highest BCUT2D eigenvalue weighted by Gasteiger charge is 2.27. The monoisotopic (exact) mass is 374 g/mol. The molecule has 1 aliphatic rings. The third-order valence-electron chi connectivity index (χ3n) is 4.52. The molecule has 0 aliphatic carbocycles. The SMILES string of the molecule is CCOc1cc(/C=C2/Oc3ccccc3[C@@H]2O)ccc1OCc1ccccc1. The minimum Gasteiger partial charge on any atom is -0.490 e. The van der Waals surface area contributed by atoms with E-state index in [1.165, 1.54) is 0 Å². The zero-order valence-corrected chi connectivity index (χ0v) is 15.7. The quantitative estimate of drug-likeness (QED) is 0.650. The molecule has 0 radical (unpaired) electrons. The molecule has 0 bridgehead atoms. The van der Waals surface area contributed by atoms with Crippen LogP contribution < -0.4 is 14.2 Å². The Bertz CT molecular complexity index is 979. The molecule has 4 nitrogen and oxygen atoms in total. The number of fused-ring (bicyclic) bond motifs is 1. The average molecular weight is 374 g/mol. The molecule has 1 atom stereocenters. The second-order valence-corrected chi connectivity index (χ2v) is 6.50. The Morgan fingerprint density at radius 3 is 2.50 bits per heavy atom. The van der Waals surface area contributed by atoms with Crippen LogP contribution in [-0.4, -0.2) is 11.7 Å². The van der Waals surface area contributed by atoms with Crippen LogP contribution >= 0.6 is 0 Å². The van der Waals surface area contributed by atoms with Gasteiger partial charge in [0, 0.05) is 5.56 Å². The van der Waals surface area contributed by atoms with Crippen LogP contribution in [0.5, 0.6) is 17.2 Å². The summed E-state index contributed by atoms with van der Waals surface area (Å²) in [7, 11) is 0. The molecule has 0 fully saturated rings. The number of rotatable bonds is 6. The van der Waals surface area contributed by atoms with Crippen molar-refractivity contribution in [1.29, 1.82) is 0 Å². The van der Waals surface area contributed by atoms with Gasteiger partial charge < -0.3 is 19.3 Å². The number of ether oxygens (including phenoxy) is 3. The maximum absolute atomic E-state index is 10.5. The van der Waals surface area contributed by atoms with E-state index in [1.807, 2.05) is 85.8 Å². The van der Waals surface area contributed by atoms with Crippen molar-refractivity contribution in [3.63, 3.8) is 0 Å². The molecule has 28 heavy (non-hydrogen) atoms. The second-order valence-electron chi connectivity index (χ2n) is 6.50. The van der Waals surface area contributed by atoms with Crippen LogP contribution in [0, 0.1) is 0 Å². The van der Waals surface area contributed by atoms with Crippen molar-refractivity contribution in [3.8, 4) is 17.2 Å². The van der Waals surface area contributed by atoms with Gasteiger partial charge in [0.1, 0.15) is 24.2 Å². The lowest BCUT2D eigenvalue weighted by molar-refractivity contribution is 0.193. The normalized spacial score (nSPS) is 16.5. The van der Waals surface area contributed by atoms with Gasteiger partial charge >= 0.3 is 0 Å². The first-order chi connectivity index (χ1) is 13.7. The summed E-state index contributed by atoms with van der Waals surface area (Å²) in [4.78, 5) is 0. The Labute approximate surface area is 164 Å². The van der Waals surface area contributed by atoms with Gasteiger partial charge in [-0.3, -0.25) is 0 Å². The van der Waals surface area contributed by atoms with Gasteiger partial charge in [0.2, 0.25) is 0 Å². The van der Waals surface area contributed by atoms with Crippen molar-refractivity contribution in [2.24, 2.45) is 0 Å². The molecule has 3 aromatic carbocycles. The largest absolute Gasteiger partial charge is 0.490 e. The molecule has 4 heteroatoms. The number of aliphatic hydroxyl groups excluding tert-OH is 1. The average Bonchev–Trinajstić information content (AvgIpc) is 3.04. The standard InChI is InChI=1S/C24H22O4/c1-2-26-22-14-18(12-13-21(22)27-16-17-8-4-3-5-9-17)15-23-24(25)19-10-6-7-11-20(19)28-23/h3-15,24-25H,2,16H2,1H3/b23-15+/t24-/m0/s1. The first-order valence-electron chi connectivity index (χ1n) is 9.34. The number of para-hydroxylation sites is 1. The summed E-state index contributed by atoms with van der Waals surface area (Å²) in [5, 5.41) is 10.5. The van der Waals surface area contributed by atoms with Crippen LogP contribution in [0.25, 0.3) is 6.08 Å². The van der Waals surface area contributed by atoms with Gasteiger partial charge in [-0.25, -0.2) is 0 Å². The van der Waals surface area contributed by atoms with E-state index >= 15 is 0 Å². The van der Waals surface area contributed by atoms with Gasteiger partial charge in [-0.15, -0.1) is 0 Å². The third kappa shape index (κ3) is 3.87. The fourth-order valence-corrected chi connectivity index (χ4v) is 3.15. The molecule has 3 aromatic rings. The zero-order chi connectivity index (χ0) is 19.3. The smallest absolute Gasteiger partial charge is 0.161 e. The van der Waals surface area contributed by atoms with Crippen molar-refractivity contribution >= 4 is 6.08 Å². The van der Waals surface area contributed by atoms with Crippen LogP contribution in [0.2, 0.25) is 0 Å². The fraction of sp³-hybridized carbons (Fsp3) is 0.167. The second kappa shape index (κ2) is 8.19. The molecule has 1 aliphatic heterocycles. The summed E-state index contributed by atoms with van der Waals surface area (Å²) in [6, 6.07) is 23.2. The van der Waals surface area contributed by atoms with E-state index < -0.39 is 6.10 Å². The third-order valence-corrected chi connectivity index (χ3v) is 4.52. The predicted octanol–water partition coefficient (Wildman–Crippen LogP) is 5.13. The minimum atomic E-state index is -0.763.